The van der Waals surface area contributed by atoms with Crippen LogP contribution in [0.3, 0.4) is 0 Å². The van der Waals surface area contributed by atoms with Crippen molar-refractivity contribution in [2.24, 2.45) is 5.92 Å². The summed E-state index contributed by atoms with van der Waals surface area (Å²) in [5.74, 6) is 1.01. The molecule has 6 nitrogen and oxygen atoms in total. The van der Waals surface area contributed by atoms with Crippen LogP contribution in [0.25, 0.3) is 0 Å². The average Bonchev–Trinajstić information content (AvgIpc) is 3.38. The summed E-state index contributed by atoms with van der Waals surface area (Å²) in [5.41, 5.74) is 3.32. The Bertz CT molecular complexity index is 973. The Hall–Kier alpha value is -3.02. The average molecular weight is 392 g/mol. The van der Waals surface area contributed by atoms with Crippen LogP contribution in [0.5, 0.6) is 11.5 Å². The molecule has 2 amide bonds. The van der Waals surface area contributed by atoms with Gasteiger partial charge in [0.05, 0.1) is 12.0 Å². The maximum absolute atomic E-state index is 13.3. The predicted octanol–water partition coefficient (Wildman–Crippen LogP) is 3.30. The standard InChI is InChI=1S/C23H24N2O4/c1-24(19-8-4-6-15-5-2-3-7-18(15)19)23(27)16-11-22(26)25(13-16)17-9-10-20-21(12-17)29-14-28-20/h2-3,5,7,9-10,12,16,19H,4,6,8,11,13-14H2,1H3. The monoisotopic (exact) mass is 392 g/mol. The molecular weight excluding hydrogens is 368 g/mol. The smallest absolute Gasteiger partial charge is 0.231 e. The summed E-state index contributed by atoms with van der Waals surface area (Å²) in [6, 6.07) is 13.9. The van der Waals surface area contributed by atoms with Gasteiger partial charge in [0.15, 0.2) is 11.5 Å². The second-order valence-electron chi connectivity index (χ2n) is 8.00. The Labute approximate surface area is 170 Å². The van der Waals surface area contributed by atoms with Gasteiger partial charge >= 0.3 is 0 Å². The maximum atomic E-state index is 13.3. The summed E-state index contributed by atoms with van der Waals surface area (Å²) in [4.78, 5) is 29.5. The molecule has 2 aromatic carbocycles. The fraction of sp³-hybridized carbons (Fsp3) is 0.391. The number of ether oxygens (including phenoxy) is 2. The van der Waals surface area contributed by atoms with Crippen LogP contribution < -0.4 is 14.4 Å². The lowest BCUT2D eigenvalue weighted by molar-refractivity contribution is -0.137. The number of nitrogens with zero attached hydrogens (tertiary/aromatic N) is 2. The van der Waals surface area contributed by atoms with E-state index in [2.05, 4.69) is 18.2 Å². The van der Waals surface area contributed by atoms with Crippen molar-refractivity contribution in [3.05, 3.63) is 53.6 Å². The number of benzene rings is 2. The molecule has 29 heavy (non-hydrogen) atoms. The number of carbonyl (C=O) groups is 2. The fourth-order valence-corrected chi connectivity index (χ4v) is 4.75. The maximum Gasteiger partial charge on any atom is 0.231 e. The highest BCUT2D eigenvalue weighted by Gasteiger charge is 2.39. The Morgan fingerprint density at radius 1 is 1.14 bits per heavy atom. The van der Waals surface area contributed by atoms with Gasteiger partial charge in [-0.15, -0.1) is 0 Å². The van der Waals surface area contributed by atoms with Gasteiger partial charge in [-0.2, -0.15) is 0 Å². The zero-order chi connectivity index (χ0) is 20.0. The van der Waals surface area contributed by atoms with Crippen LogP contribution in [-0.2, 0) is 16.0 Å². The van der Waals surface area contributed by atoms with E-state index in [9.17, 15) is 9.59 Å². The van der Waals surface area contributed by atoms with Gasteiger partial charge in [-0.25, -0.2) is 0 Å². The van der Waals surface area contributed by atoms with E-state index >= 15 is 0 Å². The molecule has 0 N–H and O–H groups in total. The van der Waals surface area contributed by atoms with Crippen molar-refractivity contribution in [1.82, 2.24) is 4.90 Å². The zero-order valence-electron chi connectivity index (χ0n) is 16.5. The van der Waals surface area contributed by atoms with Gasteiger partial charge in [-0.1, -0.05) is 24.3 Å². The minimum Gasteiger partial charge on any atom is -0.454 e. The van der Waals surface area contributed by atoms with E-state index in [-0.39, 0.29) is 37.0 Å². The van der Waals surface area contributed by atoms with Crippen LogP contribution in [0.15, 0.2) is 42.5 Å². The first-order valence-corrected chi connectivity index (χ1v) is 10.2. The third kappa shape index (κ3) is 3.12. The van der Waals surface area contributed by atoms with Crippen LogP contribution in [0.1, 0.15) is 36.4 Å². The first kappa shape index (κ1) is 18.0. The molecule has 2 heterocycles. The Kier molecular flexibility index (Phi) is 4.42. The van der Waals surface area contributed by atoms with Crippen LogP contribution in [0.4, 0.5) is 5.69 Å². The van der Waals surface area contributed by atoms with Crippen LogP contribution >= 0.6 is 0 Å². The quantitative estimate of drug-likeness (QED) is 0.804. The van der Waals surface area contributed by atoms with Crippen molar-refractivity contribution in [1.29, 1.82) is 0 Å². The van der Waals surface area contributed by atoms with E-state index in [0.29, 0.717) is 18.0 Å². The molecule has 0 saturated carbocycles. The molecule has 1 saturated heterocycles. The van der Waals surface area contributed by atoms with Gasteiger partial charge in [0.1, 0.15) is 0 Å². The number of rotatable bonds is 3. The van der Waals surface area contributed by atoms with E-state index in [0.717, 1.165) is 24.9 Å². The molecule has 0 spiro atoms. The summed E-state index contributed by atoms with van der Waals surface area (Å²) >= 11 is 0. The summed E-state index contributed by atoms with van der Waals surface area (Å²) in [6.07, 6.45) is 3.35. The summed E-state index contributed by atoms with van der Waals surface area (Å²) in [6.45, 7) is 0.595. The van der Waals surface area contributed by atoms with Crippen molar-refractivity contribution in [2.45, 2.75) is 31.7 Å². The molecular formula is C23H24N2O4. The van der Waals surface area contributed by atoms with Crippen molar-refractivity contribution < 1.29 is 19.1 Å². The van der Waals surface area contributed by atoms with E-state index in [1.165, 1.54) is 11.1 Å². The number of hydrogen-bond donors (Lipinski definition) is 0. The lowest BCUT2D eigenvalue weighted by atomic mass is 9.86. The van der Waals surface area contributed by atoms with E-state index in [4.69, 9.17) is 9.47 Å². The lowest BCUT2D eigenvalue weighted by Crippen LogP contribution is -2.38. The Balaban J connectivity index is 1.33. The van der Waals surface area contributed by atoms with Crippen molar-refractivity contribution in [3.63, 3.8) is 0 Å². The molecule has 5 rings (SSSR count). The minimum absolute atomic E-state index is 0.0281. The molecule has 1 fully saturated rings. The largest absolute Gasteiger partial charge is 0.454 e. The summed E-state index contributed by atoms with van der Waals surface area (Å²) < 4.78 is 10.8. The molecule has 0 aromatic heterocycles. The van der Waals surface area contributed by atoms with Crippen molar-refractivity contribution in [3.8, 4) is 11.5 Å². The van der Waals surface area contributed by atoms with Crippen LogP contribution in [0, 0.1) is 5.92 Å². The number of anilines is 1. The predicted molar refractivity (Wildman–Crippen MR) is 108 cm³/mol. The zero-order valence-corrected chi connectivity index (χ0v) is 16.5. The minimum atomic E-state index is -0.327. The normalized spacial score (nSPS) is 22.5. The molecule has 3 aliphatic rings. The molecule has 2 aromatic rings. The first-order valence-electron chi connectivity index (χ1n) is 10.2. The second kappa shape index (κ2) is 7.10. The molecule has 0 bridgehead atoms. The second-order valence-corrected chi connectivity index (χ2v) is 8.00. The number of carbonyl (C=O) groups excluding carboxylic acids is 2. The SMILES string of the molecule is CN(C(=O)C1CC(=O)N(c2ccc3c(c2)OCO3)C1)C1CCCc2ccccc21. The lowest BCUT2D eigenvalue weighted by Gasteiger charge is -2.34. The molecule has 2 atom stereocenters. The van der Waals surface area contributed by atoms with E-state index in [1.54, 1.807) is 4.90 Å². The molecule has 2 aliphatic heterocycles. The highest BCUT2D eigenvalue weighted by Crippen LogP contribution is 2.38. The van der Waals surface area contributed by atoms with Crippen LogP contribution in [0.2, 0.25) is 0 Å². The van der Waals surface area contributed by atoms with Gasteiger partial charge in [0, 0.05) is 31.8 Å². The topological polar surface area (TPSA) is 59.1 Å². The molecule has 1 aliphatic carbocycles. The van der Waals surface area contributed by atoms with Crippen LogP contribution in [-0.4, -0.2) is 37.1 Å². The molecule has 150 valence electrons. The van der Waals surface area contributed by atoms with Gasteiger partial charge in [0.2, 0.25) is 18.6 Å². The van der Waals surface area contributed by atoms with Crippen molar-refractivity contribution in [2.75, 3.05) is 25.3 Å². The fourth-order valence-electron chi connectivity index (χ4n) is 4.75. The third-order valence-corrected chi connectivity index (χ3v) is 6.30. The summed E-state index contributed by atoms with van der Waals surface area (Å²) in [5, 5.41) is 0. The van der Waals surface area contributed by atoms with Gasteiger partial charge in [0.25, 0.3) is 0 Å². The summed E-state index contributed by atoms with van der Waals surface area (Å²) in [7, 11) is 1.88. The molecule has 0 radical (unpaired) electrons. The van der Waals surface area contributed by atoms with Gasteiger partial charge in [-0.05, 0) is 42.5 Å². The van der Waals surface area contributed by atoms with E-state index < -0.39 is 0 Å². The Morgan fingerprint density at radius 3 is 2.86 bits per heavy atom. The van der Waals surface area contributed by atoms with E-state index in [1.807, 2.05) is 36.2 Å². The molecule has 2 unspecified atom stereocenters. The number of fused-ring (bicyclic) bond motifs is 2. The van der Waals surface area contributed by atoms with Gasteiger partial charge < -0.3 is 19.3 Å². The number of hydrogen-bond acceptors (Lipinski definition) is 4. The third-order valence-electron chi connectivity index (χ3n) is 6.30. The first-order chi connectivity index (χ1) is 14.1. The molecule has 6 heteroatoms. The number of amides is 2. The highest BCUT2D eigenvalue weighted by molar-refractivity contribution is 6.00. The Morgan fingerprint density at radius 2 is 1.97 bits per heavy atom. The number of aryl methyl sites for hydroxylation is 1. The van der Waals surface area contributed by atoms with Gasteiger partial charge in [-0.3, -0.25) is 9.59 Å². The highest BCUT2D eigenvalue weighted by atomic mass is 16.7. The van der Waals surface area contributed by atoms with Crippen molar-refractivity contribution >= 4 is 17.5 Å².